The van der Waals surface area contributed by atoms with Crippen LogP contribution in [0.4, 0.5) is 22.0 Å². The summed E-state index contributed by atoms with van der Waals surface area (Å²) in [5.41, 5.74) is -2.38. The minimum atomic E-state index is -4.65. The van der Waals surface area contributed by atoms with Crippen LogP contribution in [0.1, 0.15) is 34.8 Å². The summed E-state index contributed by atoms with van der Waals surface area (Å²) in [4.78, 5) is 10.9. The molecule has 0 spiro atoms. The zero-order valence-electron chi connectivity index (χ0n) is 8.11. The highest BCUT2D eigenvalue weighted by molar-refractivity contribution is 5.95. The van der Waals surface area contributed by atoms with Gasteiger partial charge in [-0.3, -0.25) is 4.79 Å². The SMILES string of the molecule is CC(=O)c1cc(C(F)(F)F)ccc1C(F)F. The van der Waals surface area contributed by atoms with Gasteiger partial charge in [0.15, 0.2) is 5.78 Å². The molecule has 0 aromatic heterocycles. The Morgan fingerprint density at radius 2 is 1.81 bits per heavy atom. The summed E-state index contributed by atoms with van der Waals surface area (Å²) >= 11 is 0. The molecular weight excluding hydrogens is 231 g/mol. The first-order valence-electron chi connectivity index (χ1n) is 4.23. The predicted molar refractivity (Wildman–Crippen MR) is 46.4 cm³/mol. The maximum Gasteiger partial charge on any atom is 0.416 e. The maximum atomic E-state index is 12.4. The zero-order valence-corrected chi connectivity index (χ0v) is 8.11. The topological polar surface area (TPSA) is 17.1 Å². The first kappa shape index (κ1) is 12.6. The van der Waals surface area contributed by atoms with Crippen LogP contribution in [0.2, 0.25) is 0 Å². The van der Waals surface area contributed by atoms with Gasteiger partial charge in [0.05, 0.1) is 5.56 Å². The van der Waals surface area contributed by atoms with Crippen LogP contribution in [0.5, 0.6) is 0 Å². The summed E-state index contributed by atoms with van der Waals surface area (Å²) < 4.78 is 61.6. The lowest BCUT2D eigenvalue weighted by Gasteiger charge is -2.11. The molecule has 1 aromatic carbocycles. The molecule has 0 bridgehead atoms. The standard InChI is InChI=1S/C10H7F5O/c1-5(16)8-4-6(10(13,14)15)2-3-7(8)9(11)12/h2-4,9H,1H3. The number of hydrogen-bond donors (Lipinski definition) is 0. The lowest BCUT2D eigenvalue weighted by molar-refractivity contribution is -0.137. The number of Topliss-reactive ketones (excluding diaryl/α,β-unsaturated/α-hetero) is 1. The van der Waals surface area contributed by atoms with Crippen molar-refractivity contribution in [1.29, 1.82) is 0 Å². The fourth-order valence-electron chi connectivity index (χ4n) is 1.23. The van der Waals surface area contributed by atoms with E-state index in [4.69, 9.17) is 0 Å². The van der Waals surface area contributed by atoms with Gasteiger partial charge < -0.3 is 0 Å². The number of ketones is 1. The Bertz CT molecular complexity index is 408. The molecule has 0 amide bonds. The number of alkyl halides is 5. The van der Waals surface area contributed by atoms with Crippen molar-refractivity contribution >= 4 is 5.78 Å². The van der Waals surface area contributed by atoms with Crippen molar-refractivity contribution in [2.24, 2.45) is 0 Å². The molecule has 0 saturated carbocycles. The minimum absolute atomic E-state index is 0.448. The number of benzene rings is 1. The van der Waals surface area contributed by atoms with Gasteiger partial charge in [0.1, 0.15) is 0 Å². The predicted octanol–water partition coefficient (Wildman–Crippen LogP) is 3.85. The summed E-state index contributed by atoms with van der Waals surface area (Å²) in [7, 11) is 0. The van der Waals surface area contributed by atoms with Crippen molar-refractivity contribution in [3.8, 4) is 0 Å². The zero-order chi connectivity index (χ0) is 12.5. The molecule has 0 aliphatic carbocycles. The largest absolute Gasteiger partial charge is 0.416 e. The normalized spacial score (nSPS) is 11.9. The number of carbonyl (C=O) groups excluding carboxylic acids is 1. The van der Waals surface area contributed by atoms with Crippen LogP contribution in [0.25, 0.3) is 0 Å². The molecule has 0 aliphatic heterocycles. The lowest BCUT2D eigenvalue weighted by atomic mass is 10.0. The monoisotopic (exact) mass is 238 g/mol. The molecule has 0 radical (unpaired) electrons. The smallest absolute Gasteiger partial charge is 0.294 e. The number of hydrogen-bond acceptors (Lipinski definition) is 1. The summed E-state index contributed by atoms with van der Waals surface area (Å²) in [5.74, 6) is -0.818. The van der Waals surface area contributed by atoms with Crippen LogP contribution in [-0.4, -0.2) is 5.78 Å². The third-order valence-electron chi connectivity index (χ3n) is 2.00. The summed E-state index contributed by atoms with van der Waals surface area (Å²) in [6, 6.07) is 1.61. The average Bonchev–Trinajstić information content (AvgIpc) is 2.15. The number of halogens is 5. The molecule has 0 unspecified atom stereocenters. The van der Waals surface area contributed by atoms with Gasteiger partial charge in [0.25, 0.3) is 6.43 Å². The van der Waals surface area contributed by atoms with Crippen LogP contribution < -0.4 is 0 Å². The molecule has 0 N–H and O–H groups in total. The molecule has 0 atom stereocenters. The molecule has 1 nitrogen and oxygen atoms in total. The fourth-order valence-corrected chi connectivity index (χ4v) is 1.23. The van der Waals surface area contributed by atoms with Crippen LogP contribution in [0, 0.1) is 0 Å². The third-order valence-corrected chi connectivity index (χ3v) is 2.00. The highest BCUT2D eigenvalue weighted by atomic mass is 19.4. The lowest BCUT2D eigenvalue weighted by Crippen LogP contribution is -2.09. The van der Waals surface area contributed by atoms with Gasteiger partial charge in [-0.15, -0.1) is 0 Å². The van der Waals surface area contributed by atoms with Crippen molar-refractivity contribution in [3.63, 3.8) is 0 Å². The highest BCUT2D eigenvalue weighted by Gasteiger charge is 2.32. The molecule has 1 aromatic rings. The fraction of sp³-hybridized carbons (Fsp3) is 0.300. The molecule has 88 valence electrons. The summed E-state index contributed by atoms with van der Waals surface area (Å²) in [5, 5.41) is 0. The first-order valence-corrected chi connectivity index (χ1v) is 4.23. The third kappa shape index (κ3) is 2.56. The summed E-state index contributed by atoms with van der Waals surface area (Å²) in [6.07, 6.45) is -7.62. The van der Waals surface area contributed by atoms with Gasteiger partial charge in [-0.1, -0.05) is 6.07 Å². The van der Waals surface area contributed by atoms with E-state index in [2.05, 4.69) is 0 Å². The molecule has 0 saturated heterocycles. The van der Waals surface area contributed by atoms with E-state index in [1.54, 1.807) is 0 Å². The molecule has 0 fully saturated rings. The van der Waals surface area contributed by atoms with E-state index in [1.165, 1.54) is 0 Å². The molecule has 1 rings (SSSR count). The van der Waals surface area contributed by atoms with Gasteiger partial charge in [-0.05, 0) is 19.1 Å². The maximum absolute atomic E-state index is 12.4. The second-order valence-electron chi connectivity index (χ2n) is 3.16. The van der Waals surface area contributed by atoms with E-state index >= 15 is 0 Å². The van der Waals surface area contributed by atoms with E-state index in [-0.39, 0.29) is 0 Å². The van der Waals surface area contributed by atoms with Crippen molar-refractivity contribution in [2.75, 3.05) is 0 Å². The number of carbonyl (C=O) groups is 1. The Hall–Kier alpha value is -1.46. The van der Waals surface area contributed by atoms with Crippen molar-refractivity contribution < 1.29 is 26.7 Å². The van der Waals surface area contributed by atoms with Crippen molar-refractivity contribution in [1.82, 2.24) is 0 Å². The molecule has 0 heterocycles. The van der Waals surface area contributed by atoms with E-state index in [0.29, 0.717) is 18.2 Å². The van der Waals surface area contributed by atoms with Gasteiger partial charge in [0.2, 0.25) is 0 Å². The Balaban J connectivity index is 3.34. The molecule has 16 heavy (non-hydrogen) atoms. The van der Waals surface area contributed by atoms with Crippen LogP contribution in [0.3, 0.4) is 0 Å². The minimum Gasteiger partial charge on any atom is -0.294 e. The van der Waals surface area contributed by atoms with Gasteiger partial charge in [-0.2, -0.15) is 13.2 Å². The molecule has 6 heteroatoms. The second-order valence-corrected chi connectivity index (χ2v) is 3.16. The second kappa shape index (κ2) is 4.19. The quantitative estimate of drug-likeness (QED) is 0.565. The van der Waals surface area contributed by atoms with E-state index in [0.717, 1.165) is 6.92 Å². The van der Waals surface area contributed by atoms with Gasteiger partial charge in [0, 0.05) is 11.1 Å². The van der Waals surface area contributed by atoms with Crippen LogP contribution in [-0.2, 0) is 6.18 Å². The summed E-state index contributed by atoms with van der Waals surface area (Å²) in [6.45, 7) is 0.946. The van der Waals surface area contributed by atoms with Crippen molar-refractivity contribution in [2.45, 2.75) is 19.5 Å². The van der Waals surface area contributed by atoms with Crippen LogP contribution >= 0.6 is 0 Å². The van der Waals surface area contributed by atoms with Gasteiger partial charge >= 0.3 is 6.18 Å². The number of rotatable bonds is 2. The first-order chi connectivity index (χ1) is 7.23. The Morgan fingerprint density at radius 3 is 2.19 bits per heavy atom. The van der Waals surface area contributed by atoms with Crippen LogP contribution in [0.15, 0.2) is 18.2 Å². The van der Waals surface area contributed by atoms with Crippen molar-refractivity contribution in [3.05, 3.63) is 34.9 Å². The molecule has 0 aliphatic rings. The average molecular weight is 238 g/mol. The Kier molecular flexibility index (Phi) is 3.30. The molecular formula is C10H7F5O. The van der Waals surface area contributed by atoms with E-state index in [9.17, 15) is 26.7 Å². The van der Waals surface area contributed by atoms with Gasteiger partial charge in [-0.25, -0.2) is 8.78 Å². The van der Waals surface area contributed by atoms with E-state index < -0.39 is 35.1 Å². The highest BCUT2D eigenvalue weighted by Crippen LogP contribution is 2.33. The van der Waals surface area contributed by atoms with E-state index in [1.807, 2.05) is 0 Å². The Morgan fingerprint density at radius 1 is 1.25 bits per heavy atom. The Labute approximate surface area is 87.9 Å².